The standard InChI is InChI=1S/C18H28N2O/c1-3-10-18(11-12-19-15-18)17(21)20(13-4-2)14-16-8-6-5-7-9-16/h5-9,19H,3-4,10-15H2,1-2H3. The molecule has 1 atom stereocenters. The Labute approximate surface area is 128 Å². The Morgan fingerprint density at radius 1 is 1.24 bits per heavy atom. The van der Waals surface area contributed by atoms with Gasteiger partial charge in [0.2, 0.25) is 5.91 Å². The van der Waals surface area contributed by atoms with E-state index in [1.807, 2.05) is 18.2 Å². The van der Waals surface area contributed by atoms with Gasteiger partial charge in [-0.15, -0.1) is 0 Å². The van der Waals surface area contributed by atoms with E-state index in [4.69, 9.17) is 0 Å². The van der Waals surface area contributed by atoms with E-state index in [-0.39, 0.29) is 5.41 Å². The summed E-state index contributed by atoms with van der Waals surface area (Å²) in [5, 5.41) is 3.39. The predicted octanol–water partition coefficient (Wildman–Crippen LogP) is 3.21. The summed E-state index contributed by atoms with van der Waals surface area (Å²) in [5.74, 6) is 0.347. The van der Waals surface area contributed by atoms with E-state index in [1.165, 1.54) is 5.56 Å². The van der Waals surface area contributed by atoms with Crippen LogP contribution in [0.2, 0.25) is 0 Å². The summed E-state index contributed by atoms with van der Waals surface area (Å²) >= 11 is 0. The second kappa shape index (κ2) is 7.60. The van der Waals surface area contributed by atoms with E-state index < -0.39 is 0 Å². The molecule has 1 N–H and O–H groups in total. The molecule has 1 fully saturated rings. The van der Waals surface area contributed by atoms with Crippen LogP contribution in [-0.2, 0) is 11.3 Å². The molecule has 0 radical (unpaired) electrons. The normalized spacial score (nSPS) is 21.4. The van der Waals surface area contributed by atoms with Crippen molar-refractivity contribution in [2.24, 2.45) is 5.41 Å². The van der Waals surface area contributed by atoms with Crippen molar-refractivity contribution in [2.45, 2.75) is 46.1 Å². The molecule has 0 bridgehead atoms. The maximum atomic E-state index is 13.1. The fraction of sp³-hybridized carbons (Fsp3) is 0.611. The lowest BCUT2D eigenvalue weighted by molar-refractivity contribution is -0.142. The number of hydrogen-bond acceptors (Lipinski definition) is 2. The molecule has 0 saturated carbocycles. The van der Waals surface area contributed by atoms with Crippen LogP contribution < -0.4 is 5.32 Å². The summed E-state index contributed by atoms with van der Waals surface area (Å²) < 4.78 is 0. The molecule has 1 aliphatic rings. The van der Waals surface area contributed by atoms with Crippen LogP contribution in [0.25, 0.3) is 0 Å². The van der Waals surface area contributed by atoms with Crippen LogP contribution in [0.3, 0.4) is 0 Å². The maximum absolute atomic E-state index is 13.1. The Bertz CT molecular complexity index is 438. The zero-order valence-electron chi connectivity index (χ0n) is 13.4. The van der Waals surface area contributed by atoms with Crippen molar-refractivity contribution in [1.29, 1.82) is 0 Å². The summed E-state index contributed by atoms with van der Waals surface area (Å²) in [6.07, 6.45) is 4.05. The molecular weight excluding hydrogens is 260 g/mol. The number of nitrogens with one attached hydrogen (secondary N) is 1. The van der Waals surface area contributed by atoms with Gasteiger partial charge in [-0.25, -0.2) is 0 Å². The lowest BCUT2D eigenvalue weighted by Crippen LogP contribution is -2.45. The maximum Gasteiger partial charge on any atom is 0.230 e. The fourth-order valence-electron chi connectivity index (χ4n) is 3.39. The summed E-state index contributed by atoms with van der Waals surface area (Å²) in [6, 6.07) is 10.3. The van der Waals surface area contributed by atoms with Crippen LogP contribution in [0.5, 0.6) is 0 Å². The molecule has 0 aliphatic carbocycles. The van der Waals surface area contributed by atoms with Gasteiger partial charge >= 0.3 is 0 Å². The Kier molecular flexibility index (Phi) is 5.80. The molecule has 1 aromatic rings. The van der Waals surface area contributed by atoms with Crippen molar-refractivity contribution in [3.8, 4) is 0 Å². The van der Waals surface area contributed by atoms with Gasteiger partial charge in [0.1, 0.15) is 0 Å². The highest BCUT2D eigenvalue weighted by Crippen LogP contribution is 2.33. The van der Waals surface area contributed by atoms with E-state index >= 15 is 0 Å². The first kappa shape index (κ1) is 16.0. The Balaban J connectivity index is 2.14. The molecular formula is C18H28N2O. The van der Waals surface area contributed by atoms with Crippen molar-refractivity contribution in [3.63, 3.8) is 0 Å². The number of carbonyl (C=O) groups is 1. The van der Waals surface area contributed by atoms with Crippen molar-refractivity contribution in [2.75, 3.05) is 19.6 Å². The van der Waals surface area contributed by atoms with E-state index in [0.29, 0.717) is 5.91 Å². The molecule has 3 nitrogen and oxygen atoms in total. The molecule has 1 heterocycles. The van der Waals surface area contributed by atoms with Gasteiger partial charge in [0, 0.05) is 19.6 Å². The largest absolute Gasteiger partial charge is 0.338 e. The molecule has 3 heteroatoms. The van der Waals surface area contributed by atoms with Crippen LogP contribution in [0.4, 0.5) is 0 Å². The highest BCUT2D eigenvalue weighted by molar-refractivity contribution is 5.83. The highest BCUT2D eigenvalue weighted by atomic mass is 16.2. The lowest BCUT2D eigenvalue weighted by atomic mass is 9.81. The molecule has 1 aromatic carbocycles. The first-order valence-electron chi connectivity index (χ1n) is 8.26. The zero-order chi connectivity index (χ0) is 15.1. The van der Waals surface area contributed by atoms with Crippen LogP contribution >= 0.6 is 0 Å². The quantitative estimate of drug-likeness (QED) is 0.835. The van der Waals surface area contributed by atoms with Crippen LogP contribution in [-0.4, -0.2) is 30.4 Å². The topological polar surface area (TPSA) is 32.3 Å². The van der Waals surface area contributed by atoms with Crippen molar-refractivity contribution >= 4 is 5.91 Å². The number of carbonyl (C=O) groups excluding carboxylic acids is 1. The Morgan fingerprint density at radius 2 is 2.00 bits per heavy atom. The zero-order valence-corrected chi connectivity index (χ0v) is 13.4. The summed E-state index contributed by atoms with van der Waals surface area (Å²) in [7, 11) is 0. The third kappa shape index (κ3) is 3.85. The molecule has 0 aromatic heterocycles. The molecule has 1 amide bonds. The van der Waals surface area contributed by atoms with Gasteiger partial charge < -0.3 is 10.2 Å². The summed E-state index contributed by atoms with van der Waals surface area (Å²) in [6.45, 7) is 7.71. The average molecular weight is 288 g/mol. The van der Waals surface area contributed by atoms with E-state index in [0.717, 1.165) is 51.9 Å². The SMILES string of the molecule is CCCN(Cc1ccccc1)C(=O)C1(CCC)CCNC1. The molecule has 0 spiro atoms. The monoisotopic (exact) mass is 288 g/mol. The Hall–Kier alpha value is -1.35. The van der Waals surface area contributed by atoms with Gasteiger partial charge in [-0.2, -0.15) is 0 Å². The smallest absolute Gasteiger partial charge is 0.230 e. The van der Waals surface area contributed by atoms with E-state index in [9.17, 15) is 4.79 Å². The van der Waals surface area contributed by atoms with Gasteiger partial charge in [0.05, 0.1) is 5.41 Å². The van der Waals surface area contributed by atoms with Gasteiger partial charge in [-0.1, -0.05) is 50.6 Å². The molecule has 1 unspecified atom stereocenters. The van der Waals surface area contributed by atoms with Gasteiger partial charge in [-0.05, 0) is 31.4 Å². The van der Waals surface area contributed by atoms with Gasteiger partial charge in [-0.3, -0.25) is 4.79 Å². The van der Waals surface area contributed by atoms with Crippen LogP contribution in [0.1, 0.15) is 45.1 Å². The van der Waals surface area contributed by atoms with Crippen LogP contribution in [0, 0.1) is 5.41 Å². The summed E-state index contributed by atoms with van der Waals surface area (Å²) in [4.78, 5) is 15.2. The number of nitrogens with zero attached hydrogens (tertiary/aromatic N) is 1. The molecule has 1 saturated heterocycles. The number of benzene rings is 1. The van der Waals surface area contributed by atoms with Crippen molar-refractivity contribution < 1.29 is 4.79 Å². The number of rotatable bonds is 7. The average Bonchev–Trinajstić information content (AvgIpc) is 2.97. The second-order valence-electron chi connectivity index (χ2n) is 6.17. The van der Waals surface area contributed by atoms with Gasteiger partial charge in [0.25, 0.3) is 0 Å². The fourth-order valence-corrected chi connectivity index (χ4v) is 3.39. The van der Waals surface area contributed by atoms with E-state index in [2.05, 4.69) is 36.2 Å². The minimum absolute atomic E-state index is 0.168. The van der Waals surface area contributed by atoms with Crippen molar-refractivity contribution in [1.82, 2.24) is 10.2 Å². The first-order valence-corrected chi connectivity index (χ1v) is 8.26. The van der Waals surface area contributed by atoms with E-state index in [1.54, 1.807) is 0 Å². The predicted molar refractivity (Wildman–Crippen MR) is 87.0 cm³/mol. The minimum Gasteiger partial charge on any atom is -0.338 e. The number of amides is 1. The first-order chi connectivity index (χ1) is 10.2. The Morgan fingerprint density at radius 3 is 2.57 bits per heavy atom. The molecule has 21 heavy (non-hydrogen) atoms. The molecule has 2 rings (SSSR count). The number of hydrogen-bond donors (Lipinski definition) is 1. The lowest BCUT2D eigenvalue weighted by Gasteiger charge is -2.34. The third-order valence-corrected chi connectivity index (χ3v) is 4.42. The minimum atomic E-state index is -0.168. The molecule has 1 aliphatic heterocycles. The third-order valence-electron chi connectivity index (χ3n) is 4.42. The second-order valence-corrected chi connectivity index (χ2v) is 6.17. The van der Waals surface area contributed by atoms with Crippen LogP contribution in [0.15, 0.2) is 30.3 Å². The van der Waals surface area contributed by atoms with Gasteiger partial charge in [0.15, 0.2) is 0 Å². The summed E-state index contributed by atoms with van der Waals surface area (Å²) in [5.41, 5.74) is 1.05. The van der Waals surface area contributed by atoms with Crippen molar-refractivity contribution in [3.05, 3.63) is 35.9 Å². The highest BCUT2D eigenvalue weighted by Gasteiger charge is 2.42. The molecule has 116 valence electrons.